The highest BCUT2D eigenvalue weighted by molar-refractivity contribution is 7.24. The molecule has 0 atom stereocenters. The summed E-state index contributed by atoms with van der Waals surface area (Å²) in [6.07, 6.45) is 0.926. The standard InChI is InChI=1S/C24H22FNO4S/c25-16-2-4-17(5-3-16)30-18-6-8-22-20(12-18)23(29)19-11-15(1-7-21(19)31-22)9-10-24(26,13-27)14-28/h1-8,11-12,27-28H,9-10,13-14,26H2. The van der Waals surface area contributed by atoms with Gasteiger partial charge in [-0.1, -0.05) is 6.07 Å². The summed E-state index contributed by atoms with van der Waals surface area (Å²) in [6, 6.07) is 16.7. The van der Waals surface area contributed by atoms with E-state index in [-0.39, 0.29) is 24.5 Å². The average molecular weight is 440 g/mol. The molecule has 0 saturated heterocycles. The van der Waals surface area contributed by atoms with Gasteiger partial charge in [0.15, 0.2) is 5.43 Å². The van der Waals surface area contributed by atoms with Crippen LogP contribution in [0.2, 0.25) is 0 Å². The number of rotatable bonds is 7. The first-order chi connectivity index (χ1) is 14.9. The number of ether oxygens (including phenoxy) is 1. The number of halogens is 1. The zero-order valence-electron chi connectivity index (χ0n) is 16.7. The summed E-state index contributed by atoms with van der Waals surface area (Å²) in [5, 5.41) is 19.9. The van der Waals surface area contributed by atoms with Crippen molar-refractivity contribution in [1.82, 2.24) is 0 Å². The number of fused-ring (bicyclic) bond motifs is 2. The Hall–Kier alpha value is -2.84. The molecule has 4 N–H and O–H groups in total. The highest BCUT2D eigenvalue weighted by atomic mass is 32.1. The Kier molecular flexibility index (Phi) is 6.02. The van der Waals surface area contributed by atoms with E-state index in [9.17, 15) is 19.4 Å². The maximum absolute atomic E-state index is 13.2. The third kappa shape index (κ3) is 4.60. The van der Waals surface area contributed by atoms with E-state index in [1.807, 2.05) is 24.3 Å². The number of hydrogen-bond acceptors (Lipinski definition) is 6. The lowest BCUT2D eigenvalue weighted by molar-refractivity contribution is 0.115. The number of nitrogens with two attached hydrogens (primary N) is 1. The fourth-order valence-electron chi connectivity index (χ4n) is 3.34. The van der Waals surface area contributed by atoms with Gasteiger partial charge in [0.1, 0.15) is 17.3 Å². The molecule has 31 heavy (non-hydrogen) atoms. The molecule has 4 rings (SSSR count). The Balaban J connectivity index is 1.68. The van der Waals surface area contributed by atoms with Crippen molar-refractivity contribution in [2.45, 2.75) is 18.4 Å². The molecule has 0 saturated carbocycles. The molecule has 0 fully saturated rings. The molecule has 0 aliphatic heterocycles. The van der Waals surface area contributed by atoms with Crippen molar-refractivity contribution in [1.29, 1.82) is 0 Å². The predicted molar refractivity (Wildman–Crippen MR) is 121 cm³/mol. The van der Waals surface area contributed by atoms with E-state index < -0.39 is 5.54 Å². The first kappa shape index (κ1) is 21.4. The first-order valence-electron chi connectivity index (χ1n) is 9.84. The van der Waals surface area contributed by atoms with Crippen LogP contribution >= 0.6 is 11.3 Å². The van der Waals surface area contributed by atoms with E-state index in [1.165, 1.54) is 35.6 Å². The summed E-state index contributed by atoms with van der Waals surface area (Å²) in [7, 11) is 0. The van der Waals surface area contributed by atoms with Crippen LogP contribution in [0.1, 0.15) is 12.0 Å². The van der Waals surface area contributed by atoms with Gasteiger partial charge in [0.25, 0.3) is 0 Å². The lowest BCUT2D eigenvalue weighted by Crippen LogP contribution is -2.47. The highest BCUT2D eigenvalue weighted by Crippen LogP contribution is 2.30. The number of hydrogen-bond donors (Lipinski definition) is 3. The Morgan fingerprint density at radius 1 is 0.903 bits per heavy atom. The van der Waals surface area contributed by atoms with Gasteiger partial charge in [-0.15, -0.1) is 11.3 Å². The molecule has 0 unspecified atom stereocenters. The fraction of sp³-hybridized carbons (Fsp3) is 0.208. The Bertz CT molecular complexity index is 1280. The zero-order valence-corrected chi connectivity index (χ0v) is 17.5. The maximum atomic E-state index is 13.2. The van der Waals surface area contributed by atoms with Gasteiger partial charge in [-0.3, -0.25) is 4.79 Å². The van der Waals surface area contributed by atoms with Crippen molar-refractivity contribution >= 4 is 31.5 Å². The van der Waals surface area contributed by atoms with E-state index in [1.54, 1.807) is 12.1 Å². The molecule has 0 aliphatic rings. The molecule has 7 heteroatoms. The second-order valence-corrected chi connectivity index (χ2v) is 8.74. The summed E-state index contributed by atoms with van der Waals surface area (Å²) >= 11 is 1.51. The van der Waals surface area contributed by atoms with E-state index in [2.05, 4.69) is 0 Å². The van der Waals surface area contributed by atoms with Crippen molar-refractivity contribution in [2.75, 3.05) is 13.2 Å². The van der Waals surface area contributed by atoms with E-state index in [4.69, 9.17) is 10.5 Å². The summed E-state index contributed by atoms with van der Waals surface area (Å²) in [5.74, 6) is 0.636. The van der Waals surface area contributed by atoms with Crippen molar-refractivity contribution < 1.29 is 19.3 Å². The highest BCUT2D eigenvalue weighted by Gasteiger charge is 2.22. The normalized spacial score (nSPS) is 11.9. The van der Waals surface area contributed by atoms with Crippen LogP contribution in [0.25, 0.3) is 20.2 Å². The van der Waals surface area contributed by atoms with Crippen molar-refractivity contribution in [3.05, 3.63) is 82.3 Å². The van der Waals surface area contributed by atoms with Crippen LogP contribution in [0.5, 0.6) is 11.5 Å². The van der Waals surface area contributed by atoms with Crippen molar-refractivity contribution in [2.24, 2.45) is 5.73 Å². The van der Waals surface area contributed by atoms with E-state index in [0.717, 1.165) is 15.0 Å². The van der Waals surface area contributed by atoms with Gasteiger partial charge in [0.2, 0.25) is 0 Å². The fourth-order valence-corrected chi connectivity index (χ4v) is 4.37. The van der Waals surface area contributed by atoms with Crippen LogP contribution in [0.15, 0.2) is 65.5 Å². The molecule has 0 amide bonds. The maximum Gasteiger partial charge on any atom is 0.196 e. The van der Waals surface area contributed by atoms with E-state index >= 15 is 0 Å². The molecular formula is C24H22FNO4S. The zero-order chi connectivity index (χ0) is 22.0. The van der Waals surface area contributed by atoms with Crippen LogP contribution in [-0.4, -0.2) is 29.0 Å². The largest absolute Gasteiger partial charge is 0.457 e. The monoisotopic (exact) mass is 439 g/mol. The third-order valence-corrected chi connectivity index (χ3v) is 6.45. The molecular weight excluding hydrogens is 417 g/mol. The minimum Gasteiger partial charge on any atom is -0.457 e. The quantitative estimate of drug-likeness (QED) is 0.379. The van der Waals surface area contributed by atoms with Gasteiger partial charge in [0, 0.05) is 20.2 Å². The van der Waals surface area contributed by atoms with Gasteiger partial charge in [0.05, 0.1) is 18.8 Å². The molecule has 4 aromatic rings. The summed E-state index contributed by atoms with van der Waals surface area (Å²) < 4.78 is 20.6. The van der Waals surface area contributed by atoms with E-state index in [0.29, 0.717) is 35.1 Å². The van der Waals surface area contributed by atoms with Crippen LogP contribution < -0.4 is 15.9 Å². The Morgan fingerprint density at radius 3 is 2.19 bits per heavy atom. The Labute approximate surface area is 182 Å². The second kappa shape index (κ2) is 8.72. The average Bonchev–Trinajstić information content (AvgIpc) is 2.80. The summed E-state index contributed by atoms with van der Waals surface area (Å²) in [4.78, 5) is 13.2. The molecule has 5 nitrogen and oxygen atoms in total. The SMILES string of the molecule is NC(CO)(CO)CCc1ccc2sc3ccc(Oc4ccc(F)cc4)cc3c(=O)c2c1. The molecule has 0 aliphatic carbocycles. The molecule has 0 spiro atoms. The molecule has 1 aromatic heterocycles. The topological polar surface area (TPSA) is 92.8 Å². The first-order valence-corrected chi connectivity index (χ1v) is 10.7. The second-order valence-electron chi connectivity index (χ2n) is 7.65. The number of aryl methyl sites for hydroxylation is 1. The van der Waals surface area contributed by atoms with Crippen LogP contribution in [0.3, 0.4) is 0 Å². The lowest BCUT2D eigenvalue weighted by Gasteiger charge is -2.24. The van der Waals surface area contributed by atoms with Gasteiger partial charge >= 0.3 is 0 Å². The van der Waals surface area contributed by atoms with Crippen LogP contribution in [0, 0.1) is 5.82 Å². The van der Waals surface area contributed by atoms with Gasteiger partial charge in [-0.25, -0.2) is 4.39 Å². The predicted octanol–water partition coefficient (Wildman–Crippen LogP) is 3.96. The minimum atomic E-state index is -1.05. The molecule has 160 valence electrons. The van der Waals surface area contributed by atoms with Crippen LogP contribution in [0.4, 0.5) is 4.39 Å². The molecule has 1 heterocycles. The van der Waals surface area contributed by atoms with Crippen molar-refractivity contribution in [3.8, 4) is 11.5 Å². The molecule has 0 bridgehead atoms. The molecule has 0 radical (unpaired) electrons. The number of aliphatic hydroxyl groups excluding tert-OH is 2. The third-order valence-electron chi connectivity index (χ3n) is 5.29. The lowest BCUT2D eigenvalue weighted by atomic mass is 9.93. The summed E-state index contributed by atoms with van der Waals surface area (Å²) in [6.45, 7) is -0.624. The number of aliphatic hydroxyl groups is 2. The minimum absolute atomic E-state index is 0.0986. The molecule has 3 aromatic carbocycles. The van der Waals surface area contributed by atoms with Crippen molar-refractivity contribution in [3.63, 3.8) is 0 Å². The Morgan fingerprint density at radius 2 is 1.52 bits per heavy atom. The van der Waals surface area contributed by atoms with Gasteiger partial charge < -0.3 is 20.7 Å². The van der Waals surface area contributed by atoms with Gasteiger partial charge in [-0.05, 0) is 73.0 Å². The smallest absolute Gasteiger partial charge is 0.196 e. The number of benzene rings is 3. The van der Waals surface area contributed by atoms with Crippen LogP contribution in [-0.2, 0) is 6.42 Å². The summed E-state index contributed by atoms with van der Waals surface area (Å²) in [5.41, 5.74) is 5.72. The van der Waals surface area contributed by atoms with Gasteiger partial charge in [-0.2, -0.15) is 0 Å².